The molecule has 0 radical (unpaired) electrons. The van der Waals surface area contributed by atoms with Crippen LogP contribution in [0.25, 0.3) is 0 Å². The van der Waals surface area contributed by atoms with Crippen molar-refractivity contribution in [3.05, 3.63) is 54.1 Å². The largest absolute Gasteiger partial charge is 0.487 e. The molecule has 0 amide bonds. The minimum Gasteiger partial charge on any atom is -0.487 e. The highest BCUT2D eigenvalue weighted by Gasteiger charge is 2.23. The fourth-order valence-electron chi connectivity index (χ4n) is 3.33. The van der Waals surface area contributed by atoms with E-state index in [2.05, 4.69) is 74.4 Å². The van der Waals surface area contributed by atoms with Crippen molar-refractivity contribution < 1.29 is 4.74 Å². The van der Waals surface area contributed by atoms with Gasteiger partial charge in [0.05, 0.1) is 5.69 Å². The van der Waals surface area contributed by atoms with E-state index in [1.54, 1.807) is 0 Å². The molecule has 0 spiro atoms. The van der Waals surface area contributed by atoms with Crippen LogP contribution < -0.4 is 20.4 Å². The molecule has 0 unspecified atom stereocenters. The van der Waals surface area contributed by atoms with E-state index < -0.39 is 0 Å². The second-order valence-electron chi connectivity index (χ2n) is 6.57. The summed E-state index contributed by atoms with van der Waals surface area (Å²) in [6.45, 7) is 7.10. The highest BCUT2D eigenvalue weighted by Crippen LogP contribution is 2.28. The molecule has 120 valence electrons. The van der Waals surface area contributed by atoms with Crippen LogP contribution in [0.1, 0.15) is 19.4 Å². The number of hydrogen-bond donors (Lipinski definition) is 1. The number of nitrogens with one attached hydrogen (secondary N) is 1. The standard InChI is InChI=1S/C19H25BN2O/c1-14-11-22(12-15(2)21-14)18-10-6-9-17(20)19(18)23-13-16-7-4-3-5-8-16/h3-10,14-15,21H,11-13,20H2,1-2H3/t14-,15+. The van der Waals surface area contributed by atoms with Crippen molar-refractivity contribution in [2.24, 2.45) is 0 Å². The fraction of sp³-hybridized carbons (Fsp3) is 0.368. The SMILES string of the molecule is Bc1cccc(N2C[C@@H](C)N[C@@H](C)C2)c1OCc1ccccc1. The zero-order chi connectivity index (χ0) is 16.2. The van der Waals surface area contributed by atoms with E-state index in [1.807, 2.05) is 6.07 Å². The molecular weight excluding hydrogens is 283 g/mol. The topological polar surface area (TPSA) is 24.5 Å². The number of nitrogens with zero attached hydrogens (tertiary/aromatic N) is 1. The maximum absolute atomic E-state index is 6.22. The molecule has 3 nitrogen and oxygen atoms in total. The number of ether oxygens (including phenoxy) is 1. The average Bonchev–Trinajstić information content (AvgIpc) is 2.53. The van der Waals surface area contributed by atoms with E-state index in [1.165, 1.54) is 16.7 Å². The van der Waals surface area contributed by atoms with Crippen LogP contribution in [0.5, 0.6) is 5.75 Å². The van der Waals surface area contributed by atoms with Gasteiger partial charge in [0.2, 0.25) is 0 Å². The molecule has 1 fully saturated rings. The van der Waals surface area contributed by atoms with Crippen LogP contribution in [-0.4, -0.2) is 33.0 Å². The molecule has 2 aromatic carbocycles. The average molecular weight is 308 g/mol. The van der Waals surface area contributed by atoms with Gasteiger partial charge in [0, 0.05) is 25.2 Å². The van der Waals surface area contributed by atoms with Gasteiger partial charge in [-0.1, -0.05) is 42.5 Å². The molecule has 23 heavy (non-hydrogen) atoms. The predicted octanol–water partition coefficient (Wildman–Crippen LogP) is 1.71. The number of hydrogen-bond acceptors (Lipinski definition) is 3. The summed E-state index contributed by atoms with van der Waals surface area (Å²) in [5.74, 6) is 1.01. The Morgan fingerprint density at radius 2 is 1.74 bits per heavy atom. The van der Waals surface area contributed by atoms with Crippen molar-refractivity contribution in [1.82, 2.24) is 5.32 Å². The molecule has 1 aliphatic heterocycles. The fourth-order valence-corrected chi connectivity index (χ4v) is 3.33. The Bertz CT molecular complexity index is 637. The van der Waals surface area contributed by atoms with E-state index in [-0.39, 0.29) is 0 Å². The van der Waals surface area contributed by atoms with Crippen LogP contribution in [0.2, 0.25) is 0 Å². The third-order valence-corrected chi connectivity index (χ3v) is 4.32. The Hall–Kier alpha value is -1.94. The van der Waals surface area contributed by atoms with Gasteiger partial charge >= 0.3 is 0 Å². The Morgan fingerprint density at radius 1 is 1.04 bits per heavy atom. The molecule has 0 aliphatic carbocycles. The van der Waals surface area contributed by atoms with Gasteiger partial charge in [0.1, 0.15) is 20.2 Å². The van der Waals surface area contributed by atoms with Crippen molar-refractivity contribution >= 4 is 19.0 Å². The monoisotopic (exact) mass is 308 g/mol. The van der Waals surface area contributed by atoms with Gasteiger partial charge in [-0.05, 0) is 30.9 Å². The molecule has 0 bridgehead atoms. The summed E-state index contributed by atoms with van der Waals surface area (Å²) in [7, 11) is 2.12. The van der Waals surface area contributed by atoms with E-state index in [0.29, 0.717) is 18.7 Å². The van der Waals surface area contributed by atoms with Gasteiger partial charge in [-0.3, -0.25) is 0 Å². The van der Waals surface area contributed by atoms with E-state index >= 15 is 0 Å². The second kappa shape index (κ2) is 7.09. The molecule has 0 saturated carbocycles. The van der Waals surface area contributed by atoms with Gasteiger partial charge in [0.25, 0.3) is 0 Å². The Labute approximate surface area is 140 Å². The normalized spacial score (nSPS) is 21.2. The van der Waals surface area contributed by atoms with Gasteiger partial charge in [-0.25, -0.2) is 0 Å². The molecular formula is C19H25BN2O. The molecule has 4 heteroatoms. The third kappa shape index (κ3) is 3.88. The van der Waals surface area contributed by atoms with Crippen LogP contribution in [0.4, 0.5) is 5.69 Å². The summed E-state index contributed by atoms with van der Waals surface area (Å²) in [6, 6.07) is 17.7. The highest BCUT2D eigenvalue weighted by molar-refractivity contribution is 6.34. The second-order valence-corrected chi connectivity index (χ2v) is 6.57. The Kier molecular flexibility index (Phi) is 4.92. The first-order valence-corrected chi connectivity index (χ1v) is 8.41. The van der Waals surface area contributed by atoms with E-state index in [9.17, 15) is 0 Å². The van der Waals surface area contributed by atoms with Gasteiger partial charge in [0.15, 0.2) is 0 Å². The maximum Gasteiger partial charge on any atom is 0.144 e. The lowest BCUT2D eigenvalue weighted by atomic mass is 9.93. The maximum atomic E-state index is 6.22. The third-order valence-electron chi connectivity index (χ3n) is 4.32. The van der Waals surface area contributed by atoms with Gasteiger partial charge in [-0.15, -0.1) is 0 Å². The van der Waals surface area contributed by atoms with Crippen molar-refractivity contribution in [3.8, 4) is 5.75 Å². The van der Waals surface area contributed by atoms with Crippen LogP contribution >= 0.6 is 0 Å². The van der Waals surface area contributed by atoms with Crippen LogP contribution in [-0.2, 0) is 6.61 Å². The van der Waals surface area contributed by atoms with E-state index in [4.69, 9.17) is 4.74 Å². The highest BCUT2D eigenvalue weighted by atomic mass is 16.5. The zero-order valence-corrected chi connectivity index (χ0v) is 14.3. The van der Waals surface area contributed by atoms with Gasteiger partial charge in [-0.2, -0.15) is 0 Å². The zero-order valence-electron chi connectivity index (χ0n) is 14.3. The number of anilines is 1. The Morgan fingerprint density at radius 3 is 2.43 bits per heavy atom. The summed E-state index contributed by atoms with van der Waals surface area (Å²) < 4.78 is 6.22. The lowest BCUT2D eigenvalue weighted by Gasteiger charge is -2.38. The van der Waals surface area contributed by atoms with Gasteiger partial charge < -0.3 is 15.0 Å². The smallest absolute Gasteiger partial charge is 0.144 e. The summed E-state index contributed by atoms with van der Waals surface area (Å²) >= 11 is 0. The summed E-state index contributed by atoms with van der Waals surface area (Å²) in [5, 5.41) is 3.59. The first-order valence-electron chi connectivity index (χ1n) is 8.41. The molecule has 0 aromatic heterocycles. The molecule has 2 atom stereocenters. The van der Waals surface area contributed by atoms with Crippen LogP contribution in [0, 0.1) is 0 Å². The minimum absolute atomic E-state index is 0.487. The first-order chi connectivity index (χ1) is 11.1. The molecule has 2 aromatic rings. The van der Waals surface area contributed by atoms with Crippen molar-refractivity contribution in [1.29, 1.82) is 0 Å². The predicted molar refractivity (Wildman–Crippen MR) is 99.7 cm³/mol. The van der Waals surface area contributed by atoms with E-state index in [0.717, 1.165) is 18.8 Å². The lowest BCUT2D eigenvalue weighted by molar-refractivity contribution is 0.307. The Balaban J connectivity index is 1.82. The molecule has 1 heterocycles. The van der Waals surface area contributed by atoms with Crippen molar-refractivity contribution in [2.45, 2.75) is 32.5 Å². The summed E-state index contributed by atoms with van der Waals surface area (Å²) in [4.78, 5) is 2.44. The number of para-hydroxylation sites is 1. The minimum atomic E-state index is 0.487. The number of piperazine rings is 1. The van der Waals surface area contributed by atoms with Crippen LogP contribution in [0.15, 0.2) is 48.5 Å². The number of rotatable bonds is 4. The molecule has 1 aliphatic rings. The lowest BCUT2D eigenvalue weighted by Crippen LogP contribution is -2.54. The van der Waals surface area contributed by atoms with Crippen molar-refractivity contribution in [2.75, 3.05) is 18.0 Å². The van der Waals surface area contributed by atoms with Crippen LogP contribution in [0.3, 0.4) is 0 Å². The first kappa shape index (κ1) is 15.9. The molecule has 1 saturated heterocycles. The van der Waals surface area contributed by atoms with Crippen molar-refractivity contribution in [3.63, 3.8) is 0 Å². The number of benzene rings is 2. The summed E-state index contributed by atoms with van der Waals surface area (Å²) in [6.07, 6.45) is 0. The quantitative estimate of drug-likeness (QED) is 0.870. The summed E-state index contributed by atoms with van der Waals surface area (Å²) in [5.41, 5.74) is 3.60. The molecule has 3 rings (SSSR count). The molecule has 1 N–H and O–H groups in total.